The van der Waals surface area contributed by atoms with E-state index in [-0.39, 0.29) is 5.82 Å². The van der Waals surface area contributed by atoms with Crippen molar-refractivity contribution in [2.75, 3.05) is 13.6 Å². The fraction of sp³-hybridized carbons (Fsp3) is 0.273. The van der Waals surface area contributed by atoms with E-state index >= 15 is 0 Å². The van der Waals surface area contributed by atoms with E-state index < -0.39 is 0 Å². The van der Waals surface area contributed by atoms with Crippen LogP contribution in [0.5, 0.6) is 0 Å². The van der Waals surface area contributed by atoms with Gasteiger partial charge in [0.05, 0.1) is 5.56 Å². The molecule has 1 aromatic heterocycles. The van der Waals surface area contributed by atoms with Gasteiger partial charge in [0.25, 0.3) is 5.89 Å². The molecule has 0 amide bonds. The van der Waals surface area contributed by atoms with Crippen molar-refractivity contribution < 1.29 is 8.91 Å². The third-order valence-corrected chi connectivity index (χ3v) is 2.92. The molecule has 0 aliphatic heterocycles. The maximum absolute atomic E-state index is 13.1. The molecule has 0 spiro atoms. The van der Waals surface area contributed by atoms with Crippen molar-refractivity contribution in [1.82, 2.24) is 15.5 Å². The fourth-order valence-corrected chi connectivity index (χ4v) is 1.78. The summed E-state index contributed by atoms with van der Waals surface area (Å²) in [5.74, 6) is 0.589. The molecule has 0 aliphatic carbocycles. The number of aromatic nitrogens is 2. The van der Waals surface area contributed by atoms with Gasteiger partial charge < -0.3 is 9.84 Å². The summed E-state index contributed by atoms with van der Waals surface area (Å²) in [4.78, 5) is 4.21. The van der Waals surface area contributed by atoms with Crippen molar-refractivity contribution in [2.45, 2.75) is 6.42 Å². The number of nitrogens with one attached hydrogen (secondary N) is 1. The van der Waals surface area contributed by atoms with Crippen LogP contribution in [0.25, 0.3) is 11.5 Å². The van der Waals surface area contributed by atoms with Gasteiger partial charge in [0.15, 0.2) is 5.82 Å². The molecule has 1 heterocycles. The summed E-state index contributed by atoms with van der Waals surface area (Å²) >= 11 is 3.32. The van der Waals surface area contributed by atoms with Gasteiger partial charge in [-0.3, -0.25) is 0 Å². The van der Waals surface area contributed by atoms with Crippen LogP contribution in [0, 0.1) is 5.82 Å². The van der Waals surface area contributed by atoms with Crippen molar-refractivity contribution >= 4 is 15.9 Å². The van der Waals surface area contributed by atoms with E-state index in [1.807, 2.05) is 7.05 Å². The highest BCUT2D eigenvalue weighted by atomic mass is 79.9. The van der Waals surface area contributed by atoms with Gasteiger partial charge in [0.2, 0.25) is 0 Å². The Balaban J connectivity index is 2.27. The normalized spacial score (nSPS) is 10.8. The maximum atomic E-state index is 13.1. The van der Waals surface area contributed by atoms with E-state index in [4.69, 9.17) is 4.52 Å². The summed E-state index contributed by atoms with van der Waals surface area (Å²) < 4.78 is 18.9. The van der Waals surface area contributed by atoms with Crippen LogP contribution in [0.15, 0.2) is 27.2 Å². The minimum atomic E-state index is -0.335. The highest BCUT2D eigenvalue weighted by molar-refractivity contribution is 9.10. The summed E-state index contributed by atoms with van der Waals surface area (Å²) in [5.41, 5.74) is 0.563. The second kappa shape index (κ2) is 5.37. The third-order valence-electron chi connectivity index (χ3n) is 2.23. The van der Waals surface area contributed by atoms with Gasteiger partial charge >= 0.3 is 0 Å². The van der Waals surface area contributed by atoms with Crippen molar-refractivity contribution in [3.8, 4) is 11.5 Å². The first-order chi connectivity index (χ1) is 8.20. The van der Waals surface area contributed by atoms with Crippen LogP contribution in [0.1, 0.15) is 5.82 Å². The third kappa shape index (κ3) is 2.89. The second-order valence-corrected chi connectivity index (χ2v) is 4.35. The van der Waals surface area contributed by atoms with Gasteiger partial charge in [-0.1, -0.05) is 5.16 Å². The predicted molar refractivity (Wildman–Crippen MR) is 65.0 cm³/mol. The Bertz CT molecular complexity index is 515. The Morgan fingerprint density at radius 2 is 2.29 bits per heavy atom. The number of rotatable bonds is 4. The molecule has 2 aromatic rings. The van der Waals surface area contributed by atoms with Crippen molar-refractivity contribution in [3.63, 3.8) is 0 Å². The van der Waals surface area contributed by atoms with Crippen LogP contribution >= 0.6 is 15.9 Å². The zero-order valence-corrected chi connectivity index (χ0v) is 10.8. The lowest BCUT2D eigenvalue weighted by atomic mass is 10.2. The molecule has 0 aliphatic rings. The first-order valence-corrected chi connectivity index (χ1v) is 5.92. The van der Waals surface area contributed by atoms with E-state index in [0.717, 1.165) is 11.0 Å². The van der Waals surface area contributed by atoms with E-state index in [0.29, 0.717) is 23.7 Å². The summed E-state index contributed by atoms with van der Waals surface area (Å²) in [6, 6.07) is 4.34. The largest absolute Gasteiger partial charge is 0.334 e. The Labute approximate surface area is 106 Å². The minimum Gasteiger partial charge on any atom is -0.334 e. The molecule has 6 heteroatoms. The second-order valence-electron chi connectivity index (χ2n) is 3.49. The number of nitrogens with zero attached hydrogens (tertiary/aromatic N) is 2. The zero-order chi connectivity index (χ0) is 12.3. The topological polar surface area (TPSA) is 51.0 Å². The predicted octanol–water partition coefficient (Wildman–Crippen LogP) is 2.40. The molecule has 0 fully saturated rings. The number of benzene rings is 1. The lowest BCUT2D eigenvalue weighted by Crippen LogP contribution is -2.11. The summed E-state index contributed by atoms with van der Waals surface area (Å²) in [6.45, 7) is 0.767. The highest BCUT2D eigenvalue weighted by Gasteiger charge is 2.12. The molecular weight excluding hydrogens is 289 g/mol. The smallest absolute Gasteiger partial charge is 0.259 e. The van der Waals surface area contributed by atoms with Crippen molar-refractivity contribution in [3.05, 3.63) is 34.3 Å². The summed E-state index contributed by atoms with van der Waals surface area (Å²) in [6.07, 6.45) is 0.674. The Morgan fingerprint density at radius 1 is 1.47 bits per heavy atom. The van der Waals surface area contributed by atoms with E-state index in [1.54, 1.807) is 6.07 Å². The average molecular weight is 300 g/mol. The molecule has 0 saturated carbocycles. The number of halogens is 2. The molecular formula is C11H11BrFN3O. The van der Waals surface area contributed by atoms with Gasteiger partial charge in [0, 0.05) is 17.4 Å². The molecule has 0 bridgehead atoms. The quantitative estimate of drug-likeness (QED) is 0.942. The molecule has 90 valence electrons. The molecule has 2 rings (SSSR count). The number of likely N-dealkylation sites (N-methyl/N-ethyl adjacent to an activating group) is 1. The van der Waals surface area contributed by atoms with Gasteiger partial charge in [-0.2, -0.15) is 4.98 Å². The molecule has 17 heavy (non-hydrogen) atoms. The molecule has 4 nitrogen and oxygen atoms in total. The monoisotopic (exact) mass is 299 g/mol. The zero-order valence-electron chi connectivity index (χ0n) is 9.20. The maximum Gasteiger partial charge on any atom is 0.259 e. The molecule has 1 N–H and O–H groups in total. The van der Waals surface area contributed by atoms with E-state index in [1.165, 1.54) is 12.1 Å². The first-order valence-electron chi connectivity index (χ1n) is 5.13. The molecule has 0 unspecified atom stereocenters. The Kier molecular flexibility index (Phi) is 3.86. The van der Waals surface area contributed by atoms with Crippen molar-refractivity contribution in [1.29, 1.82) is 0 Å². The lowest BCUT2D eigenvalue weighted by molar-refractivity contribution is 0.421. The van der Waals surface area contributed by atoms with E-state index in [2.05, 4.69) is 31.4 Å². The van der Waals surface area contributed by atoms with Crippen LogP contribution in [0.2, 0.25) is 0 Å². The van der Waals surface area contributed by atoms with Crippen LogP contribution in [-0.4, -0.2) is 23.7 Å². The molecule has 0 radical (unpaired) electrons. The number of hydrogen-bond acceptors (Lipinski definition) is 4. The SMILES string of the molecule is CNCCc1noc(-c2cc(F)ccc2Br)n1. The molecule has 0 atom stereocenters. The van der Waals surface area contributed by atoms with Gasteiger partial charge in [-0.15, -0.1) is 0 Å². The summed E-state index contributed by atoms with van der Waals surface area (Å²) in [5, 5.41) is 6.83. The molecule has 0 saturated heterocycles. The Hall–Kier alpha value is -1.27. The number of hydrogen-bond donors (Lipinski definition) is 1. The van der Waals surface area contributed by atoms with Crippen LogP contribution in [-0.2, 0) is 6.42 Å². The Morgan fingerprint density at radius 3 is 3.06 bits per heavy atom. The highest BCUT2D eigenvalue weighted by Crippen LogP contribution is 2.27. The minimum absolute atomic E-state index is 0.322. The average Bonchev–Trinajstić information content (AvgIpc) is 2.78. The fourth-order valence-electron chi connectivity index (χ4n) is 1.36. The van der Waals surface area contributed by atoms with Crippen LogP contribution < -0.4 is 5.32 Å². The molecule has 1 aromatic carbocycles. The van der Waals surface area contributed by atoms with Crippen LogP contribution in [0.3, 0.4) is 0 Å². The summed E-state index contributed by atoms with van der Waals surface area (Å²) in [7, 11) is 1.85. The standard InChI is InChI=1S/C11H11BrFN3O/c1-14-5-4-10-15-11(17-16-10)8-6-7(13)2-3-9(8)12/h2-3,6,14H,4-5H2,1H3. The van der Waals surface area contributed by atoms with E-state index in [9.17, 15) is 4.39 Å². The first kappa shape index (κ1) is 12.2. The van der Waals surface area contributed by atoms with Gasteiger partial charge in [0.1, 0.15) is 5.82 Å². The van der Waals surface area contributed by atoms with Gasteiger partial charge in [-0.05, 0) is 41.2 Å². The van der Waals surface area contributed by atoms with Crippen LogP contribution in [0.4, 0.5) is 4.39 Å². The lowest BCUT2D eigenvalue weighted by Gasteiger charge is -1.98. The van der Waals surface area contributed by atoms with Crippen molar-refractivity contribution in [2.24, 2.45) is 0 Å². The van der Waals surface area contributed by atoms with Gasteiger partial charge in [-0.25, -0.2) is 4.39 Å².